The molecule has 0 aliphatic heterocycles. The van der Waals surface area contributed by atoms with Gasteiger partial charge in [-0.1, -0.05) is 91.0 Å². The molecule has 0 radical (unpaired) electrons. The van der Waals surface area contributed by atoms with E-state index in [9.17, 15) is 5.11 Å². The summed E-state index contributed by atoms with van der Waals surface area (Å²) in [4.78, 5) is 4.67. The van der Waals surface area contributed by atoms with E-state index in [-0.39, 0.29) is 11.7 Å². The molecule has 32 heavy (non-hydrogen) atoms. The van der Waals surface area contributed by atoms with Crippen molar-refractivity contribution >= 4 is 22.9 Å². The first-order valence-corrected chi connectivity index (χ1v) is 10.1. The van der Waals surface area contributed by atoms with E-state index in [1.807, 2.05) is 91.0 Å². The molecular weight excluding hydrogens is 398 g/mol. The van der Waals surface area contributed by atoms with Crippen molar-refractivity contribution in [2.75, 3.05) is 5.43 Å². The average molecular weight is 417 g/mol. The summed E-state index contributed by atoms with van der Waals surface area (Å²) in [5.74, 6) is 0.414. The molecule has 0 bridgehead atoms. The molecule has 0 aliphatic rings. The van der Waals surface area contributed by atoms with Gasteiger partial charge in [0.15, 0.2) is 0 Å². The van der Waals surface area contributed by atoms with Gasteiger partial charge in [0, 0.05) is 16.7 Å². The van der Waals surface area contributed by atoms with Gasteiger partial charge in [-0.05, 0) is 16.8 Å². The van der Waals surface area contributed by atoms with E-state index in [1.54, 1.807) is 12.3 Å². The number of phenols is 1. The lowest BCUT2D eigenvalue weighted by Crippen LogP contribution is -2.03. The zero-order chi connectivity index (χ0) is 21.8. The Morgan fingerprint density at radius 3 is 2.09 bits per heavy atom. The Hall–Kier alpha value is -4.58. The van der Waals surface area contributed by atoms with Crippen molar-refractivity contribution in [3.8, 4) is 28.3 Å². The number of hydrogen-bond acceptors (Lipinski definition) is 6. The third kappa shape index (κ3) is 3.89. The second-order valence-corrected chi connectivity index (χ2v) is 7.15. The first kappa shape index (κ1) is 19.4. The van der Waals surface area contributed by atoms with E-state index < -0.39 is 0 Å². The van der Waals surface area contributed by atoms with Crippen LogP contribution in [0.15, 0.2) is 102 Å². The molecule has 2 N–H and O–H groups in total. The predicted molar refractivity (Wildman–Crippen MR) is 128 cm³/mol. The molecule has 0 saturated heterocycles. The Morgan fingerprint density at radius 1 is 0.688 bits per heavy atom. The second-order valence-electron chi connectivity index (χ2n) is 7.15. The number of aromatic nitrogens is 3. The third-order valence-electron chi connectivity index (χ3n) is 5.09. The summed E-state index contributed by atoms with van der Waals surface area (Å²) in [6.07, 6.45) is 1.56. The second kappa shape index (κ2) is 8.65. The quantitative estimate of drug-likeness (QED) is 0.291. The monoisotopic (exact) mass is 417 g/mol. The number of hydrazone groups is 1. The van der Waals surface area contributed by atoms with Crippen LogP contribution in [0.1, 0.15) is 5.56 Å². The lowest BCUT2D eigenvalue weighted by molar-refractivity contribution is 0.475. The number of aromatic hydroxyl groups is 1. The maximum absolute atomic E-state index is 10.3. The minimum Gasteiger partial charge on any atom is -0.507 e. The smallest absolute Gasteiger partial charge is 0.263 e. The van der Waals surface area contributed by atoms with Crippen LogP contribution in [0.2, 0.25) is 0 Å². The van der Waals surface area contributed by atoms with Crippen LogP contribution in [0.3, 0.4) is 0 Å². The van der Waals surface area contributed by atoms with E-state index in [1.165, 1.54) is 0 Å². The Kier molecular flexibility index (Phi) is 5.24. The van der Waals surface area contributed by atoms with Crippen LogP contribution in [0, 0.1) is 0 Å². The molecule has 154 valence electrons. The molecule has 1 aromatic heterocycles. The van der Waals surface area contributed by atoms with E-state index >= 15 is 0 Å². The number of nitrogens with zero attached hydrogens (tertiary/aromatic N) is 4. The zero-order valence-electron chi connectivity index (χ0n) is 17.1. The van der Waals surface area contributed by atoms with Crippen LogP contribution in [0.4, 0.5) is 5.95 Å². The van der Waals surface area contributed by atoms with Gasteiger partial charge in [-0.15, -0.1) is 10.2 Å². The van der Waals surface area contributed by atoms with E-state index in [0.717, 1.165) is 21.9 Å². The fraction of sp³-hybridized carbons (Fsp3) is 0. The maximum atomic E-state index is 10.3. The highest BCUT2D eigenvalue weighted by Crippen LogP contribution is 2.29. The fourth-order valence-corrected chi connectivity index (χ4v) is 3.54. The largest absolute Gasteiger partial charge is 0.507 e. The molecule has 0 unspecified atom stereocenters. The summed E-state index contributed by atoms with van der Waals surface area (Å²) in [7, 11) is 0. The van der Waals surface area contributed by atoms with E-state index in [2.05, 4.69) is 25.7 Å². The van der Waals surface area contributed by atoms with Gasteiger partial charge in [-0.25, -0.2) is 10.4 Å². The van der Waals surface area contributed by atoms with Crippen molar-refractivity contribution < 1.29 is 5.11 Å². The molecule has 4 aromatic carbocycles. The predicted octanol–water partition coefficient (Wildman–Crippen LogP) is 5.51. The van der Waals surface area contributed by atoms with Crippen LogP contribution >= 0.6 is 0 Å². The third-order valence-corrected chi connectivity index (χ3v) is 5.09. The highest BCUT2D eigenvalue weighted by atomic mass is 16.3. The molecule has 0 saturated carbocycles. The van der Waals surface area contributed by atoms with Crippen molar-refractivity contribution in [3.63, 3.8) is 0 Å². The van der Waals surface area contributed by atoms with Gasteiger partial charge in [-0.2, -0.15) is 5.10 Å². The van der Waals surface area contributed by atoms with E-state index in [4.69, 9.17) is 0 Å². The first-order valence-electron chi connectivity index (χ1n) is 10.1. The lowest BCUT2D eigenvalue weighted by atomic mass is 10.0. The van der Waals surface area contributed by atoms with Gasteiger partial charge in [0.05, 0.1) is 6.21 Å². The van der Waals surface area contributed by atoms with Gasteiger partial charge in [0.2, 0.25) is 0 Å². The minimum atomic E-state index is 0.151. The average Bonchev–Trinajstić information content (AvgIpc) is 2.86. The summed E-state index contributed by atoms with van der Waals surface area (Å²) in [5, 5.41) is 25.1. The van der Waals surface area contributed by atoms with Crippen LogP contribution in [0.5, 0.6) is 5.75 Å². The number of phenolic OH excluding ortho intramolecular Hbond substituents is 1. The van der Waals surface area contributed by atoms with Gasteiger partial charge in [0.25, 0.3) is 5.95 Å². The molecular formula is C26H19N5O. The Morgan fingerprint density at radius 2 is 1.34 bits per heavy atom. The highest BCUT2D eigenvalue weighted by Gasteiger charge is 2.13. The van der Waals surface area contributed by atoms with Crippen molar-refractivity contribution in [1.82, 2.24) is 15.2 Å². The van der Waals surface area contributed by atoms with Gasteiger partial charge < -0.3 is 5.11 Å². The molecule has 0 fully saturated rings. The maximum Gasteiger partial charge on any atom is 0.263 e. The summed E-state index contributed by atoms with van der Waals surface area (Å²) >= 11 is 0. The molecule has 1 heterocycles. The van der Waals surface area contributed by atoms with Crippen LogP contribution < -0.4 is 5.43 Å². The van der Waals surface area contributed by atoms with E-state index in [0.29, 0.717) is 17.0 Å². The Balaban J connectivity index is 1.50. The zero-order valence-corrected chi connectivity index (χ0v) is 17.1. The number of rotatable bonds is 5. The van der Waals surface area contributed by atoms with Gasteiger partial charge in [0.1, 0.15) is 17.1 Å². The molecule has 6 nitrogen and oxygen atoms in total. The molecule has 6 heteroatoms. The standard InChI is InChI=1S/C26H19N5O/c32-23-16-15-18-9-7-8-14-21(18)22(23)17-27-30-26-28-24(19-10-3-1-4-11-19)25(29-31-26)20-12-5-2-6-13-20/h1-17,32H,(H,28,30,31). The number of anilines is 1. The van der Waals surface area contributed by atoms with Crippen LogP contribution in [-0.4, -0.2) is 26.5 Å². The number of fused-ring (bicyclic) bond motifs is 1. The molecule has 0 spiro atoms. The Labute approximate surface area is 184 Å². The molecule has 5 aromatic rings. The summed E-state index contributed by atoms with van der Waals surface area (Å²) in [6.45, 7) is 0. The Bertz CT molecular complexity index is 1400. The lowest BCUT2D eigenvalue weighted by Gasteiger charge is -2.09. The van der Waals surface area contributed by atoms with Crippen molar-refractivity contribution in [1.29, 1.82) is 0 Å². The number of benzene rings is 4. The van der Waals surface area contributed by atoms with Gasteiger partial charge in [-0.3, -0.25) is 0 Å². The number of hydrogen-bond donors (Lipinski definition) is 2. The highest BCUT2D eigenvalue weighted by molar-refractivity contribution is 6.02. The van der Waals surface area contributed by atoms with Crippen molar-refractivity contribution in [3.05, 3.63) is 103 Å². The summed E-state index contributed by atoms with van der Waals surface area (Å²) in [6, 6.07) is 31.0. The normalized spacial score (nSPS) is 11.1. The molecule has 0 atom stereocenters. The summed E-state index contributed by atoms with van der Waals surface area (Å²) in [5.41, 5.74) is 6.73. The topological polar surface area (TPSA) is 83.3 Å². The molecule has 0 aliphatic carbocycles. The van der Waals surface area contributed by atoms with Crippen molar-refractivity contribution in [2.45, 2.75) is 0 Å². The van der Waals surface area contributed by atoms with Crippen LogP contribution in [-0.2, 0) is 0 Å². The van der Waals surface area contributed by atoms with Gasteiger partial charge >= 0.3 is 0 Å². The molecule has 0 amide bonds. The SMILES string of the molecule is Oc1ccc2ccccc2c1C=NNc1nnc(-c2ccccc2)c(-c2ccccc2)n1. The number of nitrogens with one attached hydrogen (secondary N) is 1. The summed E-state index contributed by atoms with van der Waals surface area (Å²) < 4.78 is 0. The van der Waals surface area contributed by atoms with Crippen molar-refractivity contribution in [2.24, 2.45) is 5.10 Å². The molecule has 5 rings (SSSR count). The van der Waals surface area contributed by atoms with Crippen LogP contribution in [0.25, 0.3) is 33.3 Å². The minimum absolute atomic E-state index is 0.151. The first-order chi connectivity index (χ1) is 15.8. The fourth-order valence-electron chi connectivity index (χ4n) is 3.54.